The Kier molecular flexibility index (Phi) is 8.20. The van der Waals surface area contributed by atoms with Gasteiger partial charge >= 0.3 is 5.97 Å². The van der Waals surface area contributed by atoms with Crippen molar-refractivity contribution in [2.45, 2.75) is 102 Å². The van der Waals surface area contributed by atoms with Crippen molar-refractivity contribution < 1.29 is 44.6 Å². The molecule has 0 radical (unpaired) electrons. The Morgan fingerprint density at radius 3 is 2.30 bits per heavy atom. The molecule has 4 aliphatic carbocycles. The van der Waals surface area contributed by atoms with Crippen LogP contribution >= 0.6 is 0 Å². The highest BCUT2D eigenvalue weighted by Gasteiger charge is 2.66. The van der Waals surface area contributed by atoms with Crippen LogP contribution in [-0.4, -0.2) is 55.7 Å². The molecule has 9 rings (SSSR count). The van der Waals surface area contributed by atoms with Crippen LogP contribution in [0.5, 0.6) is 23.0 Å². The molecular weight excluding hydrogens is 686 g/mol. The Bertz CT molecular complexity index is 1980. The summed E-state index contributed by atoms with van der Waals surface area (Å²) in [5, 5.41) is 57.6. The second kappa shape index (κ2) is 12.4. The van der Waals surface area contributed by atoms with Gasteiger partial charge in [-0.1, -0.05) is 32.9 Å². The third kappa shape index (κ3) is 5.01. The Balaban J connectivity index is 0.935. The van der Waals surface area contributed by atoms with Gasteiger partial charge in [0.05, 0.1) is 29.6 Å². The van der Waals surface area contributed by atoms with E-state index >= 15 is 0 Å². The summed E-state index contributed by atoms with van der Waals surface area (Å²) >= 11 is 0. The molecule has 3 aromatic rings. The number of benzene rings is 3. The maximum atomic E-state index is 13.8. The van der Waals surface area contributed by atoms with Crippen molar-refractivity contribution in [3.63, 3.8) is 0 Å². The van der Waals surface area contributed by atoms with Gasteiger partial charge in [-0.2, -0.15) is 0 Å². The fourth-order valence-electron chi connectivity index (χ4n) is 12.8. The molecule has 2 aliphatic heterocycles. The molecule has 1 spiro atoms. The number of fused-ring (bicyclic) bond motifs is 11. The maximum Gasteiger partial charge on any atom is 0.342 e. The average Bonchev–Trinajstić information content (AvgIpc) is 3.64. The molecule has 4 saturated carbocycles. The first-order valence-corrected chi connectivity index (χ1v) is 19.8. The van der Waals surface area contributed by atoms with Gasteiger partial charge in [0, 0.05) is 35.2 Å². The zero-order chi connectivity index (χ0) is 37.9. The van der Waals surface area contributed by atoms with E-state index in [2.05, 4.69) is 26.1 Å². The molecule has 10 heteroatoms. The summed E-state index contributed by atoms with van der Waals surface area (Å²) in [4.78, 5) is 27.5. The zero-order valence-electron chi connectivity index (χ0n) is 31.1. The minimum Gasteiger partial charge on any atom is -0.508 e. The van der Waals surface area contributed by atoms with Crippen molar-refractivity contribution in [3.8, 4) is 23.0 Å². The lowest BCUT2D eigenvalue weighted by atomic mass is 9.43. The number of esters is 1. The normalized spacial score (nSPS) is 36.0. The first-order valence-electron chi connectivity index (χ1n) is 19.8. The Labute approximate surface area is 315 Å². The number of carbonyl (C=O) groups is 2. The van der Waals surface area contributed by atoms with E-state index in [9.17, 15) is 35.1 Å². The second-order valence-electron chi connectivity index (χ2n) is 17.9. The smallest absolute Gasteiger partial charge is 0.342 e. The third-order valence-electron chi connectivity index (χ3n) is 15.4. The molecule has 1 amide bonds. The van der Waals surface area contributed by atoms with Crippen molar-refractivity contribution in [2.75, 3.05) is 5.32 Å². The topological polar surface area (TPSA) is 166 Å². The number of rotatable bonds is 5. The van der Waals surface area contributed by atoms with Crippen LogP contribution in [0.2, 0.25) is 0 Å². The van der Waals surface area contributed by atoms with E-state index < -0.39 is 23.8 Å². The number of hydrogen-bond donors (Lipinski definition) is 6. The minimum absolute atomic E-state index is 0.0143. The van der Waals surface area contributed by atoms with Crippen LogP contribution in [0, 0.1) is 46.3 Å². The summed E-state index contributed by atoms with van der Waals surface area (Å²) in [7, 11) is 0. The van der Waals surface area contributed by atoms with Gasteiger partial charge in [-0.15, -0.1) is 0 Å². The Morgan fingerprint density at radius 1 is 0.889 bits per heavy atom. The number of anilines is 1. The quantitative estimate of drug-likeness (QED) is 0.152. The van der Waals surface area contributed by atoms with Gasteiger partial charge in [-0.3, -0.25) is 4.79 Å². The monoisotopic (exact) mass is 737 g/mol. The molecule has 11 atom stereocenters. The van der Waals surface area contributed by atoms with Gasteiger partial charge in [0.25, 0.3) is 0 Å². The molecule has 4 unspecified atom stereocenters. The number of aliphatic hydroxyl groups is 3. The molecule has 3 aromatic carbocycles. The number of carbonyl (C=O) groups excluding carboxylic acids is 2. The number of aromatic hydroxyl groups is 2. The minimum atomic E-state index is -1.43. The van der Waals surface area contributed by atoms with Crippen molar-refractivity contribution >= 4 is 17.6 Å². The molecule has 6 aliphatic rings. The highest BCUT2D eigenvalue weighted by atomic mass is 16.6. The van der Waals surface area contributed by atoms with E-state index in [1.807, 2.05) is 0 Å². The average molecular weight is 738 g/mol. The van der Waals surface area contributed by atoms with Crippen molar-refractivity contribution in [2.24, 2.45) is 46.3 Å². The van der Waals surface area contributed by atoms with Gasteiger partial charge in [0.15, 0.2) is 5.60 Å². The third-order valence-corrected chi connectivity index (χ3v) is 15.4. The number of ether oxygens (including phenoxy) is 2. The summed E-state index contributed by atoms with van der Waals surface area (Å²) in [5.41, 5.74) is 0.337. The lowest BCUT2D eigenvalue weighted by Gasteiger charge is -2.63. The zero-order valence-corrected chi connectivity index (χ0v) is 31.1. The number of aliphatic hydroxyl groups excluding tert-OH is 3. The van der Waals surface area contributed by atoms with Gasteiger partial charge in [0.2, 0.25) is 5.91 Å². The molecule has 0 bridgehead atoms. The Hall–Kier alpha value is -4.12. The molecule has 6 N–H and O–H groups in total. The van der Waals surface area contributed by atoms with Crippen LogP contribution in [0.1, 0.15) is 106 Å². The predicted molar refractivity (Wildman–Crippen MR) is 199 cm³/mol. The van der Waals surface area contributed by atoms with Crippen LogP contribution in [0.25, 0.3) is 0 Å². The van der Waals surface area contributed by atoms with Crippen LogP contribution < -0.4 is 10.1 Å². The van der Waals surface area contributed by atoms with Crippen LogP contribution in [0.3, 0.4) is 0 Å². The van der Waals surface area contributed by atoms with Gasteiger partial charge in [-0.05, 0) is 128 Å². The van der Waals surface area contributed by atoms with Crippen molar-refractivity contribution in [1.29, 1.82) is 0 Å². The molecule has 10 nitrogen and oxygen atoms in total. The fourth-order valence-corrected chi connectivity index (χ4v) is 12.8. The lowest BCUT2D eigenvalue weighted by Crippen LogP contribution is -2.62. The number of phenols is 2. The van der Waals surface area contributed by atoms with Crippen LogP contribution in [-0.2, 0) is 15.1 Å². The number of nitrogens with one attached hydrogen (secondary N) is 1. The SMILES string of the molecule is C[C@H](CCC(=O)Nc1cccc2c1C(=O)OC21c2ccc(O)cc2Oc2cc(O)ccc21)[C@H]1CC[C@H]2[C@@H]3C(O)CC4CC(O)CC[C@]4(C)[C@H]3CC(O)[C@]12C. The maximum absolute atomic E-state index is 13.8. The van der Waals surface area contributed by atoms with Gasteiger partial charge in [0.1, 0.15) is 23.0 Å². The standard InChI is InChI=1S/C44H51NO9/c1-22(27-12-13-30-39-32(21-37(50)43(27,30)3)42(2)16-15-26(48)17-23(42)18-34(39)49)7-14-38(51)45-33-6-4-5-31-40(33)41(52)54-44(31)28-10-8-24(46)19-35(28)53-36-20-25(47)9-11-29(36)44/h4-6,8-11,19-20,22-23,26-27,30,32,34,37,39,46-50H,7,12-18,21H2,1-3H3,(H,45,51)/t22-,23?,26?,27-,30+,32+,34?,37?,39+,42+,43-/m1/s1. The highest BCUT2D eigenvalue weighted by Crippen LogP contribution is 2.68. The molecule has 286 valence electrons. The van der Waals surface area contributed by atoms with Gasteiger partial charge < -0.3 is 40.3 Å². The van der Waals surface area contributed by atoms with E-state index in [1.54, 1.807) is 30.3 Å². The van der Waals surface area contributed by atoms with E-state index in [4.69, 9.17) is 9.47 Å². The first-order chi connectivity index (χ1) is 25.7. The molecule has 2 heterocycles. The molecule has 0 saturated heterocycles. The van der Waals surface area contributed by atoms with E-state index in [0.29, 0.717) is 35.2 Å². The Morgan fingerprint density at radius 2 is 1.59 bits per heavy atom. The molecule has 4 fully saturated rings. The second-order valence-corrected chi connectivity index (χ2v) is 17.9. The van der Waals surface area contributed by atoms with E-state index in [-0.39, 0.29) is 93.3 Å². The summed E-state index contributed by atoms with van der Waals surface area (Å²) in [5.74, 6) is 0.831. The van der Waals surface area contributed by atoms with E-state index in [1.165, 1.54) is 24.3 Å². The molecule has 0 aromatic heterocycles. The summed E-state index contributed by atoms with van der Waals surface area (Å²) in [6.07, 6.45) is 5.33. The van der Waals surface area contributed by atoms with Crippen LogP contribution in [0.4, 0.5) is 5.69 Å². The van der Waals surface area contributed by atoms with Gasteiger partial charge in [-0.25, -0.2) is 4.79 Å². The lowest BCUT2D eigenvalue weighted by molar-refractivity contribution is -0.207. The largest absolute Gasteiger partial charge is 0.508 e. The van der Waals surface area contributed by atoms with E-state index in [0.717, 1.165) is 38.5 Å². The van der Waals surface area contributed by atoms with Crippen LogP contribution in [0.15, 0.2) is 54.6 Å². The van der Waals surface area contributed by atoms with Crippen molar-refractivity contribution in [1.82, 2.24) is 0 Å². The summed E-state index contributed by atoms with van der Waals surface area (Å²) < 4.78 is 12.3. The predicted octanol–water partition coefficient (Wildman–Crippen LogP) is 6.98. The fraction of sp³-hybridized carbons (Fsp3) is 0.545. The van der Waals surface area contributed by atoms with Crippen molar-refractivity contribution in [3.05, 3.63) is 76.9 Å². The number of amides is 1. The highest BCUT2D eigenvalue weighted by molar-refractivity contribution is 6.05. The molecular formula is C44H51NO9. The molecule has 54 heavy (non-hydrogen) atoms. The first kappa shape index (κ1) is 35.6. The summed E-state index contributed by atoms with van der Waals surface area (Å²) in [6, 6.07) is 14.4. The number of phenolic OH excluding ortho intramolecular Hbond substituents is 2. The number of hydrogen-bond acceptors (Lipinski definition) is 9. The summed E-state index contributed by atoms with van der Waals surface area (Å²) in [6.45, 7) is 6.75.